The molecule has 0 unspecified atom stereocenters. The molecule has 2 aliphatic heterocycles. The van der Waals surface area contributed by atoms with E-state index < -0.39 is 0 Å². The number of piperidine rings is 1. The van der Waals surface area contributed by atoms with Crippen molar-refractivity contribution in [3.63, 3.8) is 0 Å². The number of nitrogens with one attached hydrogen (secondary N) is 1. The Bertz CT molecular complexity index is 865. The maximum Gasteiger partial charge on any atom is 0.328 e. The monoisotopic (exact) mass is 358 g/mol. The number of aromatic nitrogens is 4. The zero-order valence-corrected chi connectivity index (χ0v) is 14.5. The summed E-state index contributed by atoms with van der Waals surface area (Å²) in [6.07, 6.45) is 4.84. The molecule has 0 radical (unpaired) electrons. The summed E-state index contributed by atoms with van der Waals surface area (Å²) in [6.45, 7) is 4.73. The van der Waals surface area contributed by atoms with Crippen molar-refractivity contribution in [3.05, 3.63) is 45.5 Å². The third-order valence-electron chi connectivity index (χ3n) is 5.01. The Morgan fingerprint density at radius 2 is 1.65 bits per heavy atom. The van der Waals surface area contributed by atoms with Gasteiger partial charge in [-0.2, -0.15) is 0 Å². The number of ether oxygens (including phenoxy) is 1. The summed E-state index contributed by atoms with van der Waals surface area (Å²) in [5, 5.41) is 0. The van der Waals surface area contributed by atoms with Crippen molar-refractivity contribution < 1.29 is 4.74 Å². The Morgan fingerprint density at radius 3 is 2.31 bits per heavy atom. The Balaban J connectivity index is 1.44. The quantitative estimate of drug-likeness (QED) is 0.825. The summed E-state index contributed by atoms with van der Waals surface area (Å²) in [5.74, 6) is 1.84. The Labute approximate surface area is 150 Å². The fraction of sp³-hybridized carbons (Fsp3) is 0.529. The number of H-pyrrole nitrogens is 1. The number of nitrogens with zero attached hydrogens (tertiary/aromatic N) is 5. The van der Waals surface area contributed by atoms with Crippen LogP contribution in [0.4, 0.5) is 11.6 Å². The molecule has 4 rings (SSSR count). The van der Waals surface area contributed by atoms with Gasteiger partial charge in [-0.15, -0.1) is 0 Å². The molecule has 2 fully saturated rings. The lowest BCUT2D eigenvalue weighted by molar-refractivity contribution is 0.122. The van der Waals surface area contributed by atoms with Gasteiger partial charge in [-0.3, -0.25) is 14.3 Å². The normalized spacial score (nSPS) is 18.9. The predicted octanol–water partition coefficient (Wildman–Crippen LogP) is 0.00470. The van der Waals surface area contributed by atoms with Crippen LogP contribution in [0.1, 0.15) is 18.9 Å². The molecule has 138 valence electrons. The van der Waals surface area contributed by atoms with Crippen LogP contribution in [0.3, 0.4) is 0 Å². The van der Waals surface area contributed by atoms with Crippen LogP contribution in [-0.4, -0.2) is 58.9 Å². The Morgan fingerprint density at radius 1 is 1.00 bits per heavy atom. The van der Waals surface area contributed by atoms with E-state index in [9.17, 15) is 9.59 Å². The second kappa shape index (κ2) is 7.28. The lowest BCUT2D eigenvalue weighted by Gasteiger charge is -2.34. The maximum atomic E-state index is 12.0. The summed E-state index contributed by atoms with van der Waals surface area (Å²) in [5.41, 5.74) is -0.701. The van der Waals surface area contributed by atoms with Crippen molar-refractivity contribution in [3.8, 4) is 0 Å². The van der Waals surface area contributed by atoms with Crippen LogP contribution < -0.4 is 21.0 Å². The van der Waals surface area contributed by atoms with E-state index in [0.717, 1.165) is 63.9 Å². The van der Waals surface area contributed by atoms with Gasteiger partial charge >= 0.3 is 5.69 Å². The van der Waals surface area contributed by atoms with Crippen molar-refractivity contribution in [2.75, 3.05) is 49.2 Å². The molecular weight excluding hydrogens is 336 g/mol. The fourth-order valence-electron chi connectivity index (χ4n) is 3.56. The third kappa shape index (κ3) is 3.48. The number of hydrogen-bond donors (Lipinski definition) is 1. The molecule has 26 heavy (non-hydrogen) atoms. The first-order valence-electron chi connectivity index (χ1n) is 8.92. The van der Waals surface area contributed by atoms with Crippen LogP contribution in [0, 0.1) is 0 Å². The second-order valence-corrected chi connectivity index (χ2v) is 6.57. The first-order valence-corrected chi connectivity index (χ1v) is 8.92. The molecule has 2 aromatic heterocycles. The topological polar surface area (TPSA) is 96.3 Å². The molecule has 1 N–H and O–H groups in total. The van der Waals surface area contributed by atoms with Crippen molar-refractivity contribution >= 4 is 11.6 Å². The van der Waals surface area contributed by atoms with Gasteiger partial charge in [-0.05, 0) is 12.8 Å². The van der Waals surface area contributed by atoms with E-state index in [4.69, 9.17) is 4.74 Å². The summed E-state index contributed by atoms with van der Waals surface area (Å²) in [6, 6.07) is 3.51. The van der Waals surface area contributed by atoms with Crippen molar-refractivity contribution in [2.45, 2.75) is 18.9 Å². The fourth-order valence-corrected chi connectivity index (χ4v) is 3.56. The molecule has 4 heterocycles. The zero-order chi connectivity index (χ0) is 17.9. The van der Waals surface area contributed by atoms with Crippen LogP contribution in [0.2, 0.25) is 0 Å². The number of morpholine rings is 1. The van der Waals surface area contributed by atoms with Gasteiger partial charge in [0.1, 0.15) is 18.0 Å². The summed E-state index contributed by atoms with van der Waals surface area (Å²) in [4.78, 5) is 38.8. The van der Waals surface area contributed by atoms with Gasteiger partial charge in [0.05, 0.1) is 13.2 Å². The van der Waals surface area contributed by atoms with Crippen LogP contribution >= 0.6 is 0 Å². The van der Waals surface area contributed by atoms with Crippen molar-refractivity contribution in [1.29, 1.82) is 0 Å². The van der Waals surface area contributed by atoms with Gasteiger partial charge in [0.25, 0.3) is 5.56 Å². The van der Waals surface area contributed by atoms with Gasteiger partial charge in [0, 0.05) is 50.6 Å². The van der Waals surface area contributed by atoms with Crippen LogP contribution in [0.15, 0.2) is 34.2 Å². The molecule has 0 bridgehead atoms. The Hall–Kier alpha value is -2.68. The molecule has 9 nitrogen and oxygen atoms in total. The molecule has 2 aliphatic rings. The number of hydrogen-bond acceptors (Lipinski definition) is 7. The zero-order valence-electron chi connectivity index (χ0n) is 14.5. The van der Waals surface area contributed by atoms with Gasteiger partial charge < -0.3 is 14.5 Å². The van der Waals surface area contributed by atoms with Crippen LogP contribution in [0.25, 0.3) is 0 Å². The molecule has 0 saturated carbocycles. The van der Waals surface area contributed by atoms with E-state index in [1.54, 1.807) is 17.1 Å². The van der Waals surface area contributed by atoms with Gasteiger partial charge in [0.15, 0.2) is 0 Å². The molecule has 0 aromatic carbocycles. The van der Waals surface area contributed by atoms with E-state index >= 15 is 0 Å². The Kier molecular flexibility index (Phi) is 4.70. The van der Waals surface area contributed by atoms with Gasteiger partial charge in [-0.1, -0.05) is 0 Å². The van der Waals surface area contributed by atoms with E-state index in [-0.39, 0.29) is 17.3 Å². The average molecular weight is 358 g/mol. The van der Waals surface area contributed by atoms with E-state index in [1.807, 2.05) is 6.07 Å². The average Bonchev–Trinajstić information content (AvgIpc) is 2.69. The second-order valence-electron chi connectivity index (χ2n) is 6.57. The number of rotatable bonds is 3. The highest BCUT2D eigenvalue weighted by molar-refractivity contribution is 5.50. The first kappa shape index (κ1) is 16.8. The van der Waals surface area contributed by atoms with Gasteiger partial charge in [-0.25, -0.2) is 14.8 Å². The highest BCUT2D eigenvalue weighted by Crippen LogP contribution is 2.26. The highest BCUT2D eigenvalue weighted by Gasteiger charge is 2.23. The summed E-state index contributed by atoms with van der Waals surface area (Å²) >= 11 is 0. The van der Waals surface area contributed by atoms with Crippen molar-refractivity contribution in [2.24, 2.45) is 0 Å². The van der Waals surface area contributed by atoms with Crippen LogP contribution in [-0.2, 0) is 4.74 Å². The SMILES string of the molecule is O=c1ccn(C2CCN(c3cc(N4CCOCC4)ncn3)CC2)c(=O)[nH]1. The smallest absolute Gasteiger partial charge is 0.328 e. The molecule has 9 heteroatoms. The lowest BCUT2D eigenvalue weighted by atomic mass is 10.0. The molecule has 0 atom stereocenters. The largest absolute Gasteiger partial charge is 0.378 e. The van der Waals surface area contributed by atoms with Crippen molar-refractivity contribution in [1.82, 2.24) is 19.5 Å². The maximum absolute atomic E-state index is 12.0. The minimum Gasteiger partial charge on any atom is -0.378 e. The number of aromatic amines is 1. The number of anilines is 2. The lowest BCUT2D eigenvalue weighted by Crippen LogP contribution is -2.40. The third-order valence-corrected chi connectivity index (χ3v) is 5.01. The summed E-state index contributed by atoms with van der Waals surface area (Å²) in [7, 11) is 0. The minimum absolute atomic E-state index is 0.0937. The van der Waals surface area contributed by atoms with E-state index in [0.29, 0.717) is 0 Å². The minimum atomic E-state index is -0.361. The highest BCUT2D eigenvalue weighted by atomic mass is 16.5. The van der Waals surface area contributed by atoms with Gasteiger partial charge in [0.2, 0.25) is 0 Å². The molecule has 2 aromatic rings. The standard InChI is InChI=1S/C17H22N6O3/c24-16-3-6-23(17(25)20-16)13-1-4-21(5-2-13)14-11-15(19-12-18-14)22-7-9-26-10-8-22/h3,6,11-13H,1-2,4-5,7-10H2,(H,20,24,25). The molecule has 0 aliphatic carbocycles. The van der Waals surface area contributed by atoms with Crippen LogP contribution in [0.5, 0.6) is 0 Å². The van der Waals surface area contributed by atoms with E-state index in [1.165, 1.54) is 6.07 Å². The van der Waals surface area contributed by atoms with E-state index in [2.05, 4.69) is 24.8 Å². The first-order chi connectivity index (χ1) is 12.7. The summed E-state index contributed by atoms with van der Waals surface area (Å²) < 4.78 is 7.02. The molecule has 0 amide bonds. The molecule has 2 saturated heterocycles. The molecular formula is C17H22N6O3. The predicted molar refractivity (Wildman–Crippen MR) is 96.9 cm³/mol. The molecule has 0 spiro atoms.